The van der Waals surface area contributed by atoms with E-state index in [4.69, 9.17) is 21.8 Å². The van der Waals surface area contributed by atoms with Gasteiger partial charge in [0, 0.05) is 12.4 Å². The first-order valence-corrected chi connectivity index (χ1v) is 10.2. The molecule has 0 radical (unpaired) electrons. The van der Waals surface area contributed by atoms with Crippen molar-refractivity contribution in [3.05, 3.63) is 47.2 Å². The van der Waals surface area contributed by atoms with Gasteiger partial charge in [0.15, 0.2) is 0 Å². The molecule has 1 aromatic carbocycles. The van der Waals surface area contributed by atoms with Crippen LogP contribution in [0, 0.1) is 0 Å². The normalized spacial score (nSPS) is 15.0. The number of carboxylic acid groups (broad SMARTS) is 1. The zero-order valence-corrected chi connectivity index (χ0v) is 15.3. The number of hydrogen-bond donors (Lipinski definition) is 4. The summed E-state index contributed by atoms with van der Waals surface area (Å²) in [5.41, 5.74) is 0.457. The minimum absolute atomic E-state index is 0.0143. The highest BCUT2D eigenvalue weighted by molar-refractivity contribution is 7.90. The molecule has 0 saturated carbocycles. The zero-order chi connectivity index (χ0) is 19.5. The number of aromatic nitrogens is 1. The van der Waals surface area contributed by atoms with E-state index in [0.29, 0.717) is 0 Å². The molecule has 140 valence electrons. The molecule has 0 fully saturated rings. The molecule has 0 amide bonds. The van der Waals surface area contributed by atoms with Gasteiger partial charge in [0.1, 0.15) is 9.79 Å². The van der Waals surface area contributed by atoms with Crippen LogP contribution in [0.5, 0.6) is 0 Å². The van der Waals surface area contributed by atoms with Gasteiger partial charge in [-0.25, -0.2) is 26.8 Å². The molecule has 0 bridgehead atoms. The van der Waals surface area contributed by atoms with E-state index in [1.807, 2.05) is 0 Å². The van der Waals surface area contributed by atoms with Crippen LogP contribution in [0.4, 0.5) is 5.69 Å². The second kappa shape index (κ2) is 7.55. The molecule has 2 aromatic rings. The lowest BCUT2D eigenvalue weighted by molar-refractivity contribution is 0.0696. The number of carboxylic acids is 1. The Morgan fingerprint density at radius 3 is 2.54 bits per heavy atom. The lowest BCUT2D eigenvalue weighted by atomic mass is 10.3. The van der Waals surface area contributed by atoms with E-state index in [0.717, 1.165) is 6.07 Å². The molecule has 2 heterocycles. The number of hydrogen-bond acceptors (Lipinski definition) is 7. The number of carbonyl (C=O) groups is 1. The molecule has 0 unspecified atom stereocenters. The highest BCUT2D eigenvalue weighted by atomic mass is 35.5. The van der Waals surface area contributed by atoms with Gasteiger partial charge in [0.25, 0.3) is 0 Å². The molecule has 1 aromatic heterocycles. The predicted molar refractivity (Wildman–Crippen MR) is 92.8 cm³/mol. The Bertz CT molecular complexity index is 1040. The van der Waals surface area contributed by atoms with E-state index in [2.05, 4.69) is 15.0 Å². The number of primary sulfonamides is 1. The van der Waals surface area contributed by atoms with Crippen LogP contribution < -0.4 is 15.2 Å². The maximum atomic E-state index is 11.6. The maximum absolute atomic E-state index is 11.6. The Morgan fingerprint density at radius 2 is 2.04 bits per heavy atom. The average molecular weight is 421 g/mol. The van der Waals surface area contributed by atoms with Gasteiger partial charge in [-0.05, 0) is 24.3 Å². The molecule has 13 heteroatoms. The zero-order valence-electron chi connectivity index (χ0n) is 12.9. The maximum Gasteiger partial charge on any atom is 0.337 e. The number of pyridine rings is 1. The summed E-state index contributed by atoms with van der Waals surface area (Å²) in [5, 5.41) is 15.9. The molecule has 3 rings (SSSR count). The summed E-state index contributed by atoms with van der Waals surface area (Å²) in [5.74, 6) is -0.942. The fraction of sp³-hybridized carbons (Fsp3) is 0.0769. The first kappa shape index (κ1) is 20.1. The van der Waals surface area contributed by atoms with Gasteiger partial charge in [-0.3, -0.25) is 4.98 Å². The Kier molecular flexibility index (Phi) is 5.83. The van der Waals surface area contributed by atoms with Crippen molar-refractivity contribution in [2.45, 2.75) is 9.79 Å². The molecule has 0 atom stereocenters. The Balaban J connectivity index is 0.000000228. The van der Waals surface area contributed by atoms with Crippen LogP contribution in [-0.2, 0) is 20.0 Å². The summed E-state index contributed by atoms with van der Waals surface area (Å²) in [6.45, 7) is 0.0143. The third-order valence-electron chi connectivity index (χ3n) is 3.08. The molecular weight excluding hydrogens is 408 g/mol. The van der Waals surface area contributed by atoms with Crippen molar-refractivity contribution in [1.82, 2.24) is 9.71 Å². The van der Waals surface area contributed by atoms with Crippen molar-refractivity contribution < 1.29 is 26.7 Å². The van der Waals surface area contributed by atoms with E-state index in [1.165, 1.54) is 24.5 Å². The molecule has 0 aliphatic carbocycles. The molecule has 1 aliphatic heterocycles. The van der Waals surface area contributed by atoms with Gasteiger partial charge in [-0.15, -0.1) is 0 Å². The Labute approximate surface area is 154 Å². The molecule has 10 nitrogen and oxygen atoms in total. The highest BCUT2D eigenvalue weighted by Gasteiger charge is 2.26. The van der Waals surface area contributed by atoms with Crippen molar-refractivity contribution in [1.29, 1.82) is 0 Å². The van der Waals surface area contributed by atoms with Gasteiger partial charge >= 0.3 is 5.97 Å². The second-order valence-corrected chi connectivity index (χ2v) is 8.54. The van der Waals surface area contributed by atoms with Crippen LogP contribution in [0.15, 0.2) is 46.5 Å². The first-order chi connectivity index (χ1) is 12.0. The van der Waals surface area contributed by atoms with Gasteiger partial charge in [-0.1, -0.05) is 11.6 Å². The van der Waals surface area contributed by atoms with Crippen LogP contribution in [0.2, 0.25) is 5.02 Å². The van der Waals surface area contributed by atoms with E-state index < -0.39 is 30.9 Å². The quantitative estimate of drug-likeness (QED) is 0.542. The van der Waals surface area contributed by atoms with Crippen LogP contribution in [-0.4, -0.2) is 39.6 Å². The number of halogens is 1. The van der Waals surface area contributed by atoms with E-state index in [9.17, 15) is 21.6 Å². The van der Waals surface area contributed by atoms with Crippen molar-refractivity contribution in [2.75, 3.05) is 12.0 Å². The minimum Gasteiger partial charge on any atom is -0.478 e. The lowest BCUT2D eigenvalue weighted by Gasteiger charge is -2.20. The molecule has 1 aliphatic rings. The van der Waals surface area contributed by atoms with Crippen LogP contribution in [0.3, 0.4) is 0 Å². The summed E-state index contributed by atoms with van der Waals surface area (Å²) >= 11 is 5.72. The van der Waals surface area contributed by atoms with Crippen LogP contribution in [0.1, 0.15) is 10.4 Å². The molecule has 0 saturated heterocycles. The molecule has 0 spiro atoms. The highest BCUT2D eigenvalue weighted by Crippen LogP contribution is 2.32. The van der Waals surface area contributed by atoms with Crippen molar-refractivity contribution >= 4 is 43.3 Å². The SMILES string of the molecule is NS(=O)(=O)c1cc2c(cc1Cl)NCNS2(=O)=O.O=C(O)c1cccnc1. The minimum atomic E-state index is -4.07. The van der Waals surface area contributed by atoms with Crippen LogP contribution >= 0.6 is 11.6 Å². The van der Waals surface area contributed by atoms with E-state index >= 15 is 0 Å². The predicted octanol–water partition coefficient (Wildman–Crippen LogP) is 0.429. The third kappa shape index (κ3) is 4.68. The lowest BCUT2D eigenvalue weighted by Crippen LogP contribution is -2.34. The van der Waals surface area contributed by atoms with Crippen molar-refractivity contribution in [3.63, 3.8) is 0 Å². The van der Waals surface area contributed by atoms with Crippen LogP contribution in [0.25, 0.3) is 0 Å². The molecule has 5 N–H and O–H groups in total. The number of benzene rings is 1. The number of rotatable bonds is 2. The second-order valence-electron chi connectivity index (χ2n) is 4.87. The largest absolute Gasteiger partial charge is 0.478 e. The number of nitrogens with two attached hydrogens (primary N) is 1. The number of anilines is 1. The summed E-state index contributed by atoms with van der Waals surface area (Å²) in [4.78, 5) is 13.2. The fourth-order valence-corrected chi connectivity index (χ4v) is 4.19. The Morgan fingerprint density at radius 1 is 1.35 bits per heavy atom. The monoisotopic (exact) mass is 420 g/mol. The average Bonchev–Trinajstić information content (AvgIpc) is 2.54. The first-order valence-electron chi connectivity index (χ1n) is 6.75. The number of aromatic carboxylic acids is 1. The van der Waals surface area contributed by atoms with Gasteiger partial charge in [-0.2, -0.15) is 4.72 Å². The standard InChI is InChI=1S/C7H8ClN3O4S2.C6H5NO2/c8-4-1-5-7(2-6(4)16(9,12)13)17(14,15)11-3-10-5;8-6(9)5-2-1-3-7-4-5/h1-2,10-11H,3H2,(H2,9,12,13);1-4H,(H,8,9). The topological polar surface area (TPSA) is 169 Å². The van der Waals surface area contributed by atoms with E-state index in [1.54, 1.807) is 6.07 Å². The smallest absolute Gasteiger partial charge is 0.337 e. The molecule has 26 heavy (non-hydrogen) atoms. The van der Waals surface area contributed by atoms with Gasteiger partial charge < -0.3 is 10.4 Å². The fourth-order valence-electron chi connectivity index (χ4n) is 1.91. The van der Waals surface area contributed by atoms with Gasteiger partial charge in [0.05, 0.1) is 22.9 Å². The third-order valence-corrected chi connectivity index (χ3v) is 5.90. The molecular formula is C13H13ClN4O6S2. The number of nitrogens with one attached hydrogen (secondary N) is 2. The summed E-state index contributed by atoms with van der Waals surface area (Å²) in [6.07, 6.45) is 2.84. The summed E-state index contributed by atoms with van der Waals surface area (Å²) < 4.78 is 47.9. The summed E-state index contributed by atoms with van der Waals surface area (Å²) in [7, 11) is -7.80. The Hall–Kier alpha value is -2.25. The number of fused-ring (bicyclic) bond motifs is 1. The number of sulfonamides is 2. The van der Waals surface area contributed by atoms with Gasteiger partial charge in [0.2, 0.25) is 20.0 Å². The van der Waals surface area contributed by atoms with E-state index in [-0.39, 0.29) is 27.8 Å². The summed E-state index contributed by atoms with van der Waals surface area (Å²) in [6, 6.07) is 5.23. The number of nitrogens with zero attached hydrogens (tertiary/aromatic N) is 1. The van der Waals surface area contributed by atoms with Crippen molar-refractivity contribution in [3.8, 4) is 0 Å². The van der Waals surface area contributed by atoms with Crippen molar-refractivity contribution in [2.24, 2.45) is 5.14 Å².